The second-order valence-corrected chi connectivity index (χ2v) is 1.17. The van der Waals surface area contributed by atoms with Gasteiger partial charge in [0, 0.05) is 0 Å². The van der Waals surface area contributed by atoms with Crippen molar-refractivity contribution in [3.63, 3.8) is 0 Å². The van der Waals surface area contributed by atoms with Gasteiger partial charge in [0.05, 0.1) is 0 Å². The van der Waals surface area contributed by atoms with Gasteiger partial charge in [-0.2, -0.15) is 0 Å². The first kappa shape index (κ1) is 9.04. The van der Waals surface area contributed by atoms with Crippen LogP contribution in [0.3, 0.4) is 0 Å². The van der Waals surface area contributed by atoms with Crippen LogP contribution in [0.4, 0.5) is 0 Å². The molecule has 0 fully saturated rings. The molecule has 5 heteroatoms. The normalized spacial score (nSPS) is 5.20. The molecule has 0 amide bonds. The fourth-order valence-corrected chi connectivity index (χ4v) is 0. The maximum absolute atomic E-state index is 8.81. The van der Waals surface area contributed by atoms with Crippen molar-refractivity contribution >= 4 is 0 Å². The molecule has 0 atom stereocenters. The average molecular weight is 115 g/mol. The Bertz CT molecular complexity index is 29.9. The molecule has 0 heterocycles. The van der Waals surface area contributed by atoms with Crippen molar-refractivity contribution < 1.29 is 29.3 Å². The van der Waals surface area contributed by atoms with Crippen molar-refractivity contribution in [2.75, 3.05) is 0 Å². The van der Waals surface area contributed by atoms with E-state index in [-0.39, 0.29) is 6.15 Å². The predicted octanol–water partition coefficient (Wildman–Crippen LogP) is -1.07. The van der Waals surface area contributed by atoms with Crippen molar-refractivity contribution in [3.05, 3.63) is 0 Å². The second kappa shape index (κ2) is 4.39. The van der Waals surface area contributed by atoms with E-state index in [9.17, 15) is 0 Å². The molecule has 0 rings (SSSR count). The Morgan fingerprint density at radius 2 is 1.40 bits per heavy atom. The van der Waals surface area contributed by atoms with Crippen LogP contribution in [0.25, 0.3) is 0 Å². The van der Waals surface area contributed by atoms with E-state index in [2.05, 4.69) is 0 Å². The molecule has 5 heavy (non-hydrogen) atoms. The van der Waals surface area contributed by atoms with E-state index in [1.54, 1.807) is 0 Å². The van der Waals surface area contributed by atoms with E-state index in [1.165, 1.54) is 0 Å². The second-order valence-electron chi connectivity index (χ2n) is 0.283. The summed E-state index contributed by atoms with van der Waals surface area (Å²) in [6.45, 7) is 0. The van der Waals surface area contributed by atoms with Gasteiger partial charge in [-0.3, -0.25) is 0 Å². The summed E-state index contributed by atoms with van der Waals surface area (Å²) in [4.78, 5) is 0. The van der Waals surface area contributed by atoms with Gasteiger partial charge in [-0.25, -0.2) is 0 Å². The van der Waals surface area contributed by atoms with E-state index in [4.69, 9.17) is 10.7 Å². The van der Waals surface area contributed by atoms with Crippen LogP contribution in [0.15, 0.2) is 0 Å². The molecule has 5 N–H and O–H groups in total. The molecule has 0 aromatic carbocycles. The molecule has 0 aliphatic carbocycles. The third kappa shape index (κ3) is 162. The van der Waals surface area contributed by atoms with Gasteiger partial charge in [-0.1, -0.05) is 0 Å². The fourth-order valence-electron chi connectivity index (χ4n) is 0. The molecular weight excluding hydrogens is 110 g/mol. The van der Waals surface area contributed by atoms with Crippen LogP contribution < -0.4 is 6.15 Å². The van der Waals surface area contributed by atoms with E-state index in [0.29, 0.717) is 0 Å². The summed E-state index contributed by atoms with van der Waals surface area (Å²) >= 11 is -3.58. The van der Waals surface area contributed by atoms with Crippen molar-refractivity contribution in [1.29, 1.82) is 0 Å². The standard InChI is InChI=1S/H3N.2H2O.O.Ti/h1H3;2*1H2;;/q;;;;+2/p-2. The van der Waals surface area contributed by atoms with E-state index < -0.39 is 18.6 Å². The minimum absolute atomic E-state index is 0. The van der Waals surface area contributed by atoms with Crippen LogP contribution in [-0.2, 0) is 21.9 Å². The summed E-state index contributed by atoms with van der Waals surface area (Å²) in [5.41, 5.74) is 0. The van der Waals surface area contributed by atoms with E-state index >= 15 is 0 Å². The molecule has 0 aliphatic heterocycles. The molecule has 4 nitrogen and oxygen atoms in total. The summed E-state index contributed by atoms with van der Waals surface area (Å²) in [7, 11) is 0. The molecule has 0 unspecified atom stereocenters. The molecule has 0 aromatic rings. The zero-order valence-electron chi connectivity index (χ0n) is 2.51. The number of rotatable bonds is 0. The Morgan fingerprint density at radius 1 is 1.40 bits per heavy atom. The van der Waals surface area contributed by atoms with Gasteiger partial charge in [0.15, 0.2) is 0 Å². The Balaban J connectivity index is 0. The summed E-state index contributed by atoms with van der Waals surface area (Å²) < 4.78 is 23.2. The molecule has 0 bridgehead atoms. The van der Waals surface area contributed by atoms with Crippen molar-refractivity contribution in [2.24, 2.45) is 0 Å². The van der Waals surface area contributed by atoms with Gasteiger partial charge in [-0.05, 0) is 0 Å². The summed E-state index contributed by atoms with van der Waals surface area (Å²) in [6, 6.07) is 0. The SMILES string of the molecule is N.[O]=[Ti]([OH])[OH]. The van der Waals surface area contributed by atoms with Crippen molar-refractivity contribution in [3.8, 4) is 0 Å². The first-order valence-electron chi connectivity index (χ1n) is 0.651. The van der Waals surface area contributed by atoms with Gasteiger partial charge in [-0.15, -0.1) is 0 Å². The molecule has 0 aliphatic rings. The van der Waals surface area contributed by atoms with Gasteiger partial charge >= 0.3 is 29.3 Å². The topological polar surface area (TPSA) is 92.5 Å². The number of hydrogen-bond donors (Lipinski definition) is 3. The zero-order chi connectivity index (χ0) is 3.58. The van der Waals surface area contributed by atoms with E-state index in [1.807, 2.05) is 0 Å². The number of hydrogen-bond acceptors (Lipinski definition) is 2. The van der Waals surface area contributed by atoms with Gasteiger partial charge in [0.2, 0.25) is 0 Å². The molecule has 0 saturated carbocycles. The van der Waals surface area contributed by atoms with Crippen LogP contribution in [0.5, 0.6) is 0 Å². The Labute approximate surface area is 36.1 Å². The minimum atomic E-state index is -3.58. The summed E-state index contributed by atoms with van der Waals surface area (Å²) in [5, 5.41) is 0. The van der Waals surface area contributed by atoms with Crippen LogP contribution >= 0.6 is 0 Å². The Kier molecular flexibility index (Phi) is 7.95. The third-order valence-electron chi connectivity index (χ3n) is 0. The summed E-state index contributed by atoms with van der Waals surface area (Å²) in [5.74, 6) is 0. The van der Waals surface area contributed by atoms with Crippen LogP contribution in [-0.4, -0.2) is 7.38 Å². The van der Waals surface area contributed by atoms with Crippen LogP contribution in [0.2, 0.25) is 0 Å². The quantitative estimate of drug-likeness (QED) is 0.350. The average Bonchev–Trinajstić information content (AvgIpc) is 0.811. The van der Waals surface area contributed by atoms with Crippen molar-refractivity contribution in [2.45, 2.75) is 0 Å². The Morgan fingerprint density at radius 3 is 1.40 bits per heavy atom. The third-order valence-corrected chi connectivity index (χ3v) is 0. The zero-order valence-corrected chi connectivity index (χ0v) is 4.07. The first-order valence-corrected chi connectivity index (χ1v) is 2.69. The van der Waals surface area contributed by atoms with Gasteiger partial charge < -0.3 is 6.15 Å². The summed E-state index contributed by atoms with van der Waals surface area (Å²) in [6.07, 6.45) is 0. The monoisotopic (exact) mass is 115 g/mol. The molecule has 0 radical (unpaired) electrons. The fraction of sp³-hybridized carbons (Fsp3) is 0. The van der Waals surface area contributed by atoms with E-state index in [0.717, 1.165) is 0 Å². The molecule has 0 aromatic heterocycles. The maximum atomic E-state index is 8.81. The van der Waals surface area contributed by atoms with Crippen molar-refractivity contribution in [1.82, 2.24) is 6.15 Å². The van der Waals surface area contributed by atoms with Gasteiger partial charge in [0.25, 0.3) is 0 Å². The molecule has 32 valence electrons. The Hall–Kier alpha value is 0.394. The van der Waals surface area contributed by atoms with Crippen LogP contribution in [0, 0.1) is 0 Å². The first-order chi connectivity index (χ1) is 1.73. The molecular formula is H5NO3Ti. The predicted molar refractivity (Wildman–Crippen MR) is 10.1 cm³/mol. The molecule has 0 saturated heterocycles. The van der Waals surface area contributed by atoms with Crippen LogP contribution in [0.1, 0.15) is 0 Å². The molecule has 0 spiro atoms. The van der Waals surface area contributed by atoms with Gasteiger partial charge in [0.1, 0.15) is 0 Å².